The molecule has 0 aliphatic carbocycles. The minimum atomic E-state index is -0.254. The Bertz CT molecular complexity index is 410. The maximum absolute atomic E-state index is 13.6. The van der Waals surface area contributed by atoms with E-state index in [9.17, 15) is 9.18 Å². The standard InChI is InChI=1S/C10H10FIN2O/c1-13-5-7-8(11)3-2-4-9(7)14(12)10(15)6-13/h2-4H,5-6H2,1H3. The first-order chi connectivity index (χ1) is 7.09. The SMILES string of the molecule is CN1CC(=O)N(I)c2cccc(F)c2C1. The number of halogens is 2. The lowest BCUT2D eigenvalue weighted by Crippen LogP contribution is -2.29. The largest absolute Gasteiger partial charge is 0.293 e. The quantitative estimate of drug-likeness (QED) is 0.539. The van der Waals surface area contributed by atoms with E-state index in [0.29, 0.717) is 24.3 Å². The van der Waals surface area contributed by atoms with E-state index < -0.39 is 0 Å². The molecule has 0 saturated heterocycles. The molecule has 0 bridgehead atoms. The molecule has 3 nitrogen and oxygen atoms in total. The van der Waals surface area contributed by atoms with Crippen molar-refractivity contribution in [3.05, 3.63) is 29.6 Å². The van der Waals surface area contributed by atoms with E-state index in [1.165, 1.54) is 9.18 Å². The molecule has 1 heterocycles. The molecule has 0 N–H and O–H groups in total. The fourth-order valence-electron chi connectivity index (χ4n) is 1.64. The third-order valence-corrected chi connectivity index (χ3v) is 3.42. The lowest BCUT2D eigenvalue weighted by Gasteiger charge is -2.14. The van der Waals surface area contributed by atoms with Crippen molar-refractivity contribution < 1.29 is 9.18 Å². The molecular formula is C10H10FIN2O. The zero-order valence-electron chi connectivity index (χ0n) is 8.20. The molecule has 1 aliphatic heterocycles. The van der Waals surface area contributed by atoms with Crippen molar-refractivity contribution in [2.75, 3.05) is 16.7 Å². The number of amides is 1. The molecule has 0 spiro atoms. The van der Waals surface area contributed by atoms with Crippen LogP contribution in [0.4, 0.5) is 10.1 Å². The molecule has 2 rings (SSSR count). The zero-order valence-corrected chi connectivity index (χ0v) is 10.4. The summed E-state index contributed by atoms with van der Waals surface area (Å²) in [5.74, 6) is -0.279. The highest BCUT2D eigenvalue weighted by molar-refractivity contribution is 14.1. The van der Waals surface area contributed by atoms with Crippen LogP contribution in [0.3, 0.4) is 0 Å². The molecule has 1 aromatic carbocycles. The molecule has 0 saturated carbocycles. The van der Waals surface area contributed by atoms with Gasteiger partial charge in [-0.15, -0.1) is 0 Å². The maximum atomic E-state index is 13.6. The molecular weight excluding hydrogens is 310 g/mol. The Kier molecular flexibility index (Phi) is 2.92. The predicted octanol–water partition coefficient (Wildman–Crippen LogP) is 1.95. The smallest absolute Gasteiger partial charge is 0.250 e. The van der Waals surface area contributed by atoms with Gasteiger partial charge in [0.2, 0.25) is 5.91 Å². The van der Waals surface area contributed by atoms with E-state index in [4.69, 9.17) is 0 Å². The van der Waals surface area contributed by atoms with Gasteiger partial charge in [-0.1, -0.05) is 6.07 Å². The first-order valence-electron chi connectivity index (χ1n) is 4.54. The van der Waals surface area contributed by atoms with Gasteiger partial charge in [-0.3, -0.25) is 12.8 Å². The second kappa shape index (κ2) is 4.05. The Morgan fingerprint density at radius 2 is 2.13 bits per heavy atom. The molecule has 15 heavy (non-hydrogen) atoms. The minimum absolute atomic E-state index is 0.0255. The van der Waals surface area contributed by atoms with Gasteiger partial charge in [0.1, 0.15) is 5.82 Å². The van der Waals surface area contributed by atoms with Crippen LogP contribution >= 0.6 is 22.9 Å². The number of fused-ring (bicyclic) bond motifs is 1. The van der Waals surface area contributed by atoms with Gasteiger partial charge in [0.25, 0.3) is 0 Å². The van der Waals surface area contributed by atoms with E-state index in [-0.39, 0.29) is 11.7 Å². The summed E-state index contributed by atoms with van der Waals surface area (Å²) < 4.78 is 15.0. The van der Waals surface area contributed by atoms with Crippen LogP contribution in [0.15, 0.2) is 18.2 Å². The first kappa shape index (κ1) is 10.8. The van der Waals surface area contributed by atoms with Gasteiger partial charge in [-0.2, -0.15) is 0 Å². The number of anilines is 1. The molecule has 0 unspecified atom stereocenters. The number of hydrogen-bond acceptors (Lipinski definition) is 2. The molecule has 80 valence electrons. The molecule has 0 atom stereocenters. The summed E-state index contributed by atoms with van der Waals surface area (Å²) in [6, 6.07) is 4.81. The average molecular weight is 320 g/mol. The van der Waals surface area contributed by atoms with Crippen LogP contribution in [0, 0.1) is 5.82 Å². The Balaban J connectivity index is 2.54. The summed E-state index contributed by atoms with van der Waals surface area (Å²) in [5, 5.41) is 0. The van der Waals surface area contributed by atoms with Crippen LogP contribution in [0.5, 0.6) is 0 Å². The highest BCUT2D eigenvalue weighted by atomic mass is 127. The second-order valence-corrected chi connectivity index (χ2v) is 4.55. The lowest BCUT2D eigenvalue weighted by molar-refractivity contribution is -0.117. The van der Waals surface area contributed by atoms with Crippen molar-refractivity contribution >= 4 is 34.5 Å². The maximum Gasteiger partial charge on any atom is 0.250 e. The number of hydrogen-bond donors (Lipinski definition) is 0. The topological polar surface area (TPSA) is 23.6 Å². The average Bonchev–Trinajstić information content (AvgIpc) is 2.29. The molecule has 0 aromatic heterocycles. The molecule has 1 aliphatic rings. The van der Waals surface area contributed by atoms with E-state index in [1.807, 2.05) is 34.8 Å². The normalized spacial score (nSPS) is 17.5. The molecule has 0 fully saturated rings. The van der Waals surface area contributed by atoms with E-state index in [1.54, 1.807) is 12.1 Å². The Morgan fingerprint density at radius 3 is 2.87 bits per heavy atom. The van der Waals surface area contributed by atoms with Crippen LogP contribution < -0.4 is 3.11 Å². The fraction of sp³-hybridized carbons (Fsp3) is 0.300. The summed E-state index contributed by atoms with van der Waals surface area (Å²) in [6.45, 7) is 0.782. The van der Waals surface area contributed by atoms with Gasteiger partial charge in [0.15, 0.2) is 0 Å². The van der Waals surface area contributed by atoms with Crippen LogP contribution in [-0.4, -0.2) is 24.4 Å². The summed E-state index contributed by atoms with van der Waals surface area (Å²) >= 11 is 1.92. The van der Waals surface area contributed by atoms with E-state index >= 15 is 0 Å². The van der Waals surface area contributed by atoms with Gasteiger partial charge in [-0.25, -0.2) is 4.39 Å². The highest BCUT2D eigenvalue weighted by Crippen LogP contribution is 2.29. The predicted molar refractivity (Wildman–Crippen MR) is 64.2 cm³/mol. The van der Waals surface area contributed by atoms with Crippen molar-refractivity contribution in [2.24, 2.45) is 0 Å². The van der Waals surface area contributed by atoms with Crippen LogP contribution in [0.2, 0.25) is 0 Å². The molecule has 5 heteroatoms. The van der Waals surface area contributed by atoms with E-state index in [2.05, 4.69) is 0 Å². The number of benzene rings is 1. The second-order valence-electron chi connectivity index (χ2n) is 3.58. The first-order valence-corrected chi connectivity index (χ1v) is 5.51. The van der Waals surface area contributed by atoms with Gasteiger partial charge < -0.3 is 0 Å². The highest BCUT2D eigenvalue weighted by Gasteiger charge is 2.24. The lowest BCUT2D eigenvalue weighted by atomic mass is 10.1. The van der Waals surface area contributed by atoms with Gasteiger partial charge in [0.05, 0.1) is 35.1 Å². The summed E-state index contributed by atoms with van der Waals surface area (Å²) in [4.78, 5) is 13.5. The van der Waals surface area contributed by atoms with Gasteiger partial charge >= 0.3 is 0 Å². The third-order valence-electron chi connectivity index (χ3n) is 2.36. The molecule has 0 radical (unpaired) electrons. The monoisotopic (exact) mass is 320 g/mol. The number of nitrogens with zero attached hydrogens (tertiary/aromatic N) is 2. The fourth-order valence-corrected chi connectivity index (χ4v) is 2.25. The van der Waals surface area contributed by atoms with Crippen LogP contribution in [0.1, 0.15) is 5.56 Å². The molecule has 1 aromatic rings. The number of carbonyl (C=O) groups is 1. The minimum Gasteiger partial charge on any atom is -0.293 e. The Morgan fingerprint density at radius 1 is 1.40 bits per heavy atom. The van der Waals surface area contributed by atoms with E-state index in [0.717, 1.165) is 0 Å². The Hall–Kier alpha value is -0.690. The Labute approximate surface area is 101 Å². The summed E-state index contributed by atoms with van der Waals surface area (Å²) in [6.07, 6.45) is 0. The van der Waals surface area contributed by atoms with Crippen molar-refractivity contribution in [1.29, 1.82) is 0 Å². The van der Waals surface area contributed by atoms with Crippen LogP contribution in [0.25, 0.3) is 0 Å². The van der Waals surface area contributed by atoms with Crippen molar-refractivity contribution in [3.63, 3.8) is 0 Å². The number of rotatable bonds is 0. The summed E-state index contributed by atoms with van der Waals surface area (Å²) in [5.41, 5.74) is 1.24. The van der Waals surface area contributed by atoms with Crippen molar-refractivity contribution in [3.8, 4) is 0 Å². The zero-order chi connectivity index (χ0) is 11.0. The van der Waals surface area contributed by atoms with Crippen LogP contribution in [-0.2, 0) is 11.3 Å². The number of carbonyl (C=O) groups excluding carboxylic acids is 1. The van der Waals surface area contributed by atoms with Gasteiger partial charge in [-0.05, 0) is 19.2 Å². The summed E-state index contributed by atoms with van der Waals surface area (Å²) in [7, 11) is 1.81. The van der Waals surface area contributed by atoms with Gasteiger partial charge in [0, 0.05) is 12.1 Å². The molecule has 1 amide bonds. The van der Waals surface area contributed by atoms with Crippen molar-refractivity contribution in [2.45, 2.75) is 6.54 Å². The third kappa shape index (κ3) is 1.98. The number of likely N-dealkylation sites (N-methyl/N-ethyl adjacent to an activating group) is 1. The van der Waals surface area contributed by atoms with Crippen molar-refractivity contribution in [1.82, 2.24) is 4.90 Å².